The smallest absolute Gasteiger partial charge is 0.244 e. The highest BCUT2D eigenvalue weighted by molar-refractivity contribution is 6.09. The Kier molecular flexibility index (Phi) is 3.80. The van der Waals surface area contributed by atoms with Crippen LogP contribution in [0.3, 0.4) is 0 Å². The van der Waals surface area contributed by atoms with Gasteiger partial charge in [0.25, 0.3) is 0 Å². The molecule has 0 spiro atoms. The second kappa shape index (κ2) is 6.47. The Labute approximate surface area is 177 Å². The third-order valence-electron chi connectivity index (χ3n) is 7.11. The van der Waals surface area contributed by atoms with Gasteiger partial charge in [0, 0.05) is 5.69 Å². The van der Waals surface area contributed by atoms with Crippen LogP contribution in [-0.2, 0) is 14.4 Å². The lowest BCUT2D eigenvalue weighted by molar-refractivity contribution is -0.142. The van der Waals surface area contributed by atoms with Gasteiger partial charge in [-0.3, -0.25) is 19.3 Å². The number of anilines is 1. The largest absolute Gasteiger partial charge is 0.494 e. The Hall–Kier alpha value is -3.56. The molecule has 0 unspecified atom stereocenters. The summed E-state index contributed by atoms with van der Waals surface area (Å²) >= 11 is 0. The number of ether oxygens (including phenoxy) is 1. The van der Waals surface area contributed by atoms with Crippen molar-refractivity contribution < 1.29 is 19.1 Å². The number of aromatic nitrogens is 4. The normalized spacial score (nSPS) is 32.1. The van der Waals surface area contributed by atoms with E-state index in [0.29, 0.717) is 29.0 Å². The zero-order valence-corrected chi connectivity index (χ0v) is 16.7. The molecule has 1 aromatic heterocycles. The van der Waals surface area contributed by atoms with E-state index >= 15 is 0 Å². The summed E-state index contributed by atoms with van der Waals surface area (Å²) in [4.78, 5) is 39.9. The van der Waals surface area contributed by atoms with Crippen LogP contribution in [-0.4, -0.2) is 56.5 Å². The molecular formula is C21H20N6O4. The SMILES string of the molecule is COc1ccc(NC(=O)CN2C(=O)[C@H]3[C@@H]4C=C[C@H]([C@H]5C[C@H]45)[C@@H]3C2=O)cc1-n1cnnn1. The minimum Gasteiger partial charge on any atom is -0.494 e. The average molecular weight is 420 g/mol. The van der Waals surface area contributed by atoms with Crippen molar-refractivity contribution in [2.24, 2.45) is 35.5 Å². The van der Waals surface area contributed by atoms with E-state index in [1.54, 1.807) is 18.2 Å². The van der Waals surface area contributed by atoms with Crippen molar-refractivity contribution in [1.82, 2.24) is 25.1 Å². The number of carbonyl (C=O) groups excluding carboxylic acids is 3. The maximum Gasteiger partial charge on any atom is 0.244 e. The first-order chi connectivity index (χ1) is 15.1. The van der Waals surface area contributed by atoms with Gasteiger partial charge in [0.15, 0.2) is 0 Å². The third-order valence-corrected chi connectivity index (χ3v) is 7.11. The fraction of sp³-hybridized carbons (Fsp3) is 0.429. The highest BCUT2D eigenvalue weighted by Gasteiger charge is 2.67. The second-order valence-corrected chi connectivity index (χ2v) is 8.61. The summed E-state index contributed by atoms with van der Waals surface area (Å²) in [6, 6.07) is 5.02. The molecule has 158 valence electrons. The van der Waals surface area contributed by atoms with Gasteiger partial charge in [0.05, 0.1) is 18.9 Å². The predicted octanol–water partition coefficient (Wildman–Crippen LogP) is 0.662. The van der Waals surface area contributed by atoms with E-state index in [-0.39, 0.29) is 42.0 Å². The first kappa shape index (κ1) is 18.2. The van der Waals surface area contributed by atoms with Gasteiger partial charge in [0.2, 0.25) is 17.7 Å². The molecule has 31 heavy (non-hydrogen) atoms. The van der Waals surface area contributed by atoms with Crippen molar-refractivity contribution >= 4 is 23.4 Å². The van der Waals surface area contributed by atoms with Crippen molar-refractivity contribution in [3.05, 3.63) is 36.7 Å². The Morgan fingerprint density at radius 3 is 2.48 bits per heavy atom. The molecular weight excluding hydrogens is 400 g/mol. The van der Waals surface area contributed by atoms with Crippen LogP contribution in [0.25, 0.3) is 5.69 Å². The number of tetrazole rings is 1. The number of likely N-dealkylation sites (tertiary alicyclic amines) is 1. The molecule has 4 aliphatic carbocycles. The summed E-state index contributed by atoms with van der Waals surface area (Å²) in [5.74, 6) is 0.432. The number of imide groups is 1. The highest BCUT2D eigenvalue weighted by Crippen LogP contribution is 2.65. The van der Waals surface area contributed by atoms with Gasteiger partial charge in [0.1, 0.15) is 24.3 Å². The molecule has 5 aliphatic rings. The molecule has 3 fully saturated rings. The maximum absolute atomic E-state index is 13.0. The zero-order chi connectivity index (χ0) is 21.3. The maximum atomic E-state index is 13.0. The molecule has 1 aromatic carbocycles. The number of nitrogens with one attached hydrogen (secondary N) is 1. The quantitative estimate of drug-likeness (QED) is 0.557. The molecule has 10 nitrogen and oxygen atoms in total. The van der Waals surface area contributed by atoms with Gasteiger partial charge in [-0.25, -0.2) is 0 Å². The van der Waals surface area contributed by atoms with Crippen molar-refractivity contribution in [3.8, 4) is 11.4 Å². The van der Waals surface area contributed by atoms with Gasteiger partial charge in [-0.2, -0.15) is 4.68 Å². The Morgan fingerprint density at radius 2 is 1.87 bits per heavy atom. The molecule has 2 heterocycles. The molecule has 1 aliphatic heterocycles. The third kappa shape index (κ3) is 2.63. The summed E-state index contributed by atoms with van der Waals surface area (Å²) in [7, 11) is 1.53. The van der Waals surface area contributed by atoms with E-state index < -0.39 is 5.91 Å². The van der Waals surface area contributed by atoms with E-state index in [9.17, 15) is 14.4 Å². The van der Waals surface area contributed by atoms with E-state index in [1.807, 2.05) is 0 Å². The Balaban J connectivity index is 1.19. The van der Waals surface area contributed by atoms with Crippen molar-refractivity contribution in [1.29, 1.82) is 0 Å². The monoisotopic (exact) mass is 420 g/mol. The Morgan fingerprint density at radius 1 is 1.16 bits per heavy atom. The molecule has 3 amide bonds. The molecule has 1 saturated heterocycles. The number of carbonyl (C=O) groups is 3. The van der Waals surface area contributed by atoms with Crippen LogP contribution in [0.4, 0.5) is 5.69 Å². The fourth-order valence-electron chi connectivity index (χ4n) is 5.74. The number of benzene rings is 1. The van der Waals surface area contributed by atoms with Crippen molar-refractivity contribution in [3.63, 3.8) is 0 Å². The van der Waals surface area contributed by atoms with Crippen LogP contribution < -0.4 is 10.1 Å². The molecule has 2 aromatic rings. The molecule has 2 bridgehead atoms. The van der Waals surface area contributed by atoms with Crippen molar-refractivity contribution in [2.45, 2.75) is 6.42 Å². The predicted molar refractivity (Wildman–Crippen MR) is 106 cm³/mol. The molecule has 0 radical (unpaired) electrons. The van der Waals surface area contributed by atoms with E-state index in [0.717, 1.165) is 11.3 Å². The van der Waals surface area contributed by atoms with Crippen LogP contribution in [0.5, 0.6) is 5.75 Å². The standard InChI is InChI=1S/C21H20N6O4/c1-31-16-5-2-10(6-15(16)27-9-22-24-25-27)23-17(28)8-26-20(29)18-11-3-4-12(14-7-13(11)14)19(18)21(26)30/h2-6,9,11-14,18-19H,7-8H2,1H3,(H,23,28)/t11-,12-,13-,14-,18+,19+/m1/s1. The van der Waals surface area contributed by atoms with Crippen LogP contribution in [0.1, 0.15) is 6.42 Å². The van der Waals surface area contributed by atoms with Gasteiger partial charge < -0.3 is 10.1 Å². The number of amides is 3. The number of methoxy groups -OCH3 is 1. The summed E-state index contributed by atoms with van der Waals surface area (Å²) < 4.78 is 6.74. The fourth-order valence-corrected chi connectivity index (χ4v) is 5.74. The average Bonchev–Trinajstić information content (AvgIpc) is 3.36. The molecule has 1 N–H and O–H groups in total. The van der Waals surface area contributed by atoms with Crippen LogP contribution in [0.2, 0.25) is 0 Å². The first-order valence-corrected chi connectivity index (χ1v) is 10.3. The molecule has 7 rings (SSSR count). The van der Waals surface area contributed by atoms with E-state index in [4.69, 9.17) is 4.74 Å². The number of allylic oxidation sites excluding steroid dienone is 2. The van der Waals surface area contributed by atoms with Crippen molar-refractivity contribution in [2.75, 3.05) is 19.0 Å². The highest BCUT2D eigenvalue weighted by atomic mass is 16.5. The minimum absolute atomic E-state index is 0.143. The zero-order valence-electron chi connectivity index (χ0n) is 16.7. The van der Waals surface area contributed by atoms with E-state index in [1.165, 1.54) is 18.1 Å². The molecule has 6 atom stereocenters. The first-order valence-electron chi connectivity index (χ1n) is 10.3. The lowest BCUT2D eigenvalue weighted by atomic mass is 9.63. The van der Waals surface area contributed by atoms with Gasteiger partial charge in [-0.05, 0) is 58.7 Å². The van der Waals surface area contributed by atoms with Crippen LogP contribution in [0.15, 0.2) is 36.7 Å². The summed E-state index contributed by atoms with van der Waals surface area (Å²) in [6.45, 7) is -0.286. The number of hydrogen-bond acceptors (Lipinski definition) is 7. The summed E-state index contributed by atoms with van der Waals surface area (Å²) in [5.41, 5.74) is 1.03. The Bertz CT molecular complexity index is 1090. The van der Waals surface area contributed by atoms with Gasteiger partial charge >= 0.3 is 0 Å². The van der Waals surface area contributed by atoms with Crippen LogP contribution in [0, 0.1) is 35.5 Å². The number of rotatable bonds is 5. The second-order valence-electron chi connectivity index (χ2n) is 8.61. The number of hydrogen-bond donors (Lipinski definition) is 1. The summed E-state index contributed by atoms with van der Waals surface area (Å²) in [5, 5.41) is 13.8. The van der Waals surface area contributed by atoms with Gasteiger partial charge in [-0.15, -0.1) is 5.10 Å². The number of nitrogens with zero attached hydrogens (tertiary/aromatic N) is 5. The summed E-state index contributed by atoms with van der Waals surface area (Å²) in [6.07, 6.45) is 6.76. The molecule has 2 saturated carbocycles. The van der Waals surface area contributed by atoms with Crippen LogP contribution >= 0.6 is 0 Å². The minimum atomic E-state index is -0.432. The topological polar surface area (TPSA) is 119 Å². The van der Waals surface area contributed by atoms with Gasteiger partial charge in [-0.1, -0.05) is 12.2 Å². The lowest BCUT2D eigenvalue weighted by Crippen LogP contribution is -2.40. The molecule has 10 heteroatoms. The van der Waals surface area contributed by atoms with E-state index in [2.05, 4.69) is 33.0 Å². The lowest BCUT2D eigenvalue weighted by Gasteiger charge is -2.37.